The highest BCUT2D eigenvalue weighted by molar-refractivity contribution is 6.30. The van der Waals surface area contributed by atoms with Gasteiger partial charge in [-0.25, -0.2) is 4.79 Å². The molecule has 0 amide bonds. The number of hydrogen-bond donors (Lipinski definition) is 1. The fourth-order valence-electron chi connectivity index (χ4n) is 0.914. The minimum atomic E-state index is -0.991. The number of halogens is 2. The van der Waals surface area contributed by atoms with E-state index in [0.717, 1.165) is 5.56 Å². The van der Waals surface area contributed by atoms with E-state index in [1.807, 2.05) is 6.92 Å². The van der Waals surface area contributed by atoms with E-state index in [0.29, 0.717) is 10.8 Å². The zero-order valence-electron chi connectivity index (χ0n) is 7.49. The number of rotatable bonds is 3. The first-order valence-electron chi connectivity index (χ1n) is 3.70. The van der Waals surface area contributed by atoms with Gasteiger partial charge in [0.2, 0.25) is 0 Å². The van der Waals surface area contributed by atoms with Crippen LogP contribution in [0.2, 0.25) is 5.02 Å². The van der Waals surface area contributed by atoms with Crippen LogP contribution in [0.4, 0.5) is 0 Å². The fraction of sp³-hybridized carbons (Fsp3) is 0.222. The summed E-state index contributed by atoms with van der Waals surface area (Å²) in [7, 11) is 0. The summed E-state index contributed by atoms with van der Waals surface area (Å²) in [6.45, 7) is 1.48. The second-order valence-electron chi connectivity index (χ2n) is 2.59. The SMILES string of the molecule is Cc1cc(Cl)ccc1OCC(=O)O.Cl. The molecule has 0 aromatic heterocycles. The molecule has 0 bridgehead atoms. The van der Waals surface area contributed by atoms with Crippen LogP contribution in [0.5, 0.6) is 5.75 Å². The maximum absolute atomic E-state index is 10.2. The topological polar surface area (TPSA) is 46.5 Å². The van der Waals surface area contributed by atoms with Crippen LogP contribution in [0.3, 0.4) is 0 Å². The van der Waals surface area contributed by atoms with E-state index in [2.05, 4.69) is 0 Å². The summed E-state index contributed by atoms with van der Waals surface area (Å²) in [5, 5.41) is 8.98. The zero-order chi connectivity index (χ0) is 9.84. The Morgan fingerprint density at radius 1 is 1.57 bits per heavy atom. The lowest BCUT2D eigenvalue weighted by Gasteiger charge is -2.06. The molecule has 5 heteroatoms. The van der Waals surface area contributed by atoms with E-state index in [9.17, 15) is 4.79 Å². The first kappa shape index (κ1) is 13.1. The molecule has 0 aliphatic carbocycles. The molecule has 14 heavy (non-hydrogen) atoms. The lowest BCUT2D eigenvalue weighted by atomic mass is 10.2. The highest BCUT2D eigenvalue weighted by atomic mass is 35.5. The van der Waals surface area contributed by atoms with Gasteiger partial charge in [0.15, 0.2) is 6.61 Å². The third-order valence-electron chi connectivity index (χ3n) is 1.49. The lowest BCUT2D eigenvalue weighted by Crippen LogP contribution is -2.09. The van der Waals surface area contributed by atoms with E-state index >= 15 is 0 Å². The summed E-state index contributed by atoms with van der Waals surface area (Å²) in [4.78, 5) is 10.2. The summed E-state index contributed by atoms with van der Waals surface area (Å²) in [6, 6.07) is 5.03. The molecule has 1 aromatic rings. The Morgan fingerprint density at radius 3 is 2.71 bits per heavy atom. The Morgan fingerprint density at radius 2 is 2.21 bits per heavy atom. The maximum Gasteiger partial charge on any atom is 0.341 e. The van der Waals surface area contributed by atoms with E-state index in [4.69, 9.17) is 21.4 Å². The van der Waals surface area contributed by atoms with Gasteiger partial charge in [-0.15, -0.1) is 12.4 Å². The molecule has 0 spiro atoms. The fourth-order valence-corrected chi connectivity index (χ4v) is 1.14. The van der Waals surface area contributed by atoms with E-state index in [1.54, 1.807) is 18.2 Å². The van der Waals surface area contributed by atoms with Crippen molar-refractivity contribution in [3.05, 3.63) is 28.8 Å². The van der Waals surface area contributed by atoms with Gasteiger partial charge in [-0.1, -0.05) is 11.6 Å². The maximum atomic E-state index is 10.2. The average Bonchev–Trinajstić information content (AvgIpc) is 2.02. The summed E-state index contributed by atoms with van der Waals surface area (Å²) in [6.07, 6.45) is 0. The van der Waals surface area contributed by atoms with Gasteiger partial charge < -0.3 is 9.84 Å². The molecule has 0 aliphatic heterocycles. The summed E-state index contributed by atoms with van der Waals surface area (Å²) in [5.74, 6) is -0.443. The van der Waals surface area contributed by atoms with Crippen LogP contribution < -0.4 is 4.74 Å². The summed E-state index contributed by atoms with van der Waals surface area (Å²) in [5.41, 5.74) is 0.828. The zero-order valence-corrected chi connectivity index (χ0v) is 9.06. The van der Waals surface area contributed by atoms with Gasteiger partial charge in [0.1, 0.15) is 5.75 Å². The lowest BCUT2D eigenvalue weighted by molar-refractivity contribution is -0.139. The van der Waals surface area contributed by atoms with Crippen molar-refractivity contribution in [2.75, 3.05) is 6.61 Å². The van der Waals surface area contributed by atoms with Crippen LogP contribution in [-0.4, -0.2) is 17.7 Å². The first-order chi connectivity index (χ1) is 6.09. The minimum absolute atomic E-state index is 0. The molecular formula is C9H10Cl2O3. The predicted molar refractivity (Wildman–Crippen MR) is 56.6 cm³/mol. The number of carbonyl (C=O) groups is 1. The Labute approximate surface area is 93.1 Å². The molecule has 1 rings (SSSR count). The molecule has 3 nitrogen and oxygen atoms in total. The number of carboxylic acid groups (broad SMARTS) is 1. The largest absolute Gasteiger partial charge is 0.482 e. The molecule has 0 saturated carbocycles. The Hall–Kier alpha value is -0.930. The Bertz CT molecular complexity index is 326. The molecule has 0 unspecified atom stereocenters. The van der Waals surface area contributed by atoms with Gasteiger partial charge in [-0.3, -0.25) is 0 Å². The van der Waals surface area contributed by atoms with Crippen molar-refractivity contribution in [3.8, 4) is 5.75 Å². The Balaban J connectivity index is 0.00000169. The number of carboxylic acids is 1. The molecular weight excluding hydrogens is 227 g/mol. The predicted octanol–water partition coefficient (Wildman–Crippen LogP) is 2.53. The van der Waals surface area contributed by atoms with Crippen molar-refractivity contribution in [3.63, 3.8) is 0 Å². The molecule has 0 aliphatic rings. The van der Waals surface area contributed by atoms with Crippen molar-refractivity contribution in [1.82, 2.24) is 0 Å². The molecule has 0 saturated heterocycles. The second-order valence-corrected chi connectivity index (χ2v) is 3.03. The summed E-state index contributed by atoms with van der Waals surface area (Å²) >= 11 is 5.71. The van der Waals surface area contributed by atoms with Crippen molar-refractivity contribution in [1.29, 1.82) is 0 Å². The third-order valence-corrected chi connectivity index (χ3v) is 1.72. The number of benzene rings is 1. The normalized spacial score (nSPS) is 9.00. The molecule has 0 atom stereocenters. The molecule has 0 fully saturated rings. The van der Waals surface area contributed by atoms with Crippen LogP contribution in [0.15, 0.2) is 18.2 Å². The van der Waals surface area contributed by atoms with E-state index in [1.165, 1.54) is 0 Å². The first-order valence-corrected chi connectivity index (χ1v) is 4.08. The third kappa shape index (κ3) is 3.85. The highest BCUT2D eigenvalue weighted by Gasteiger charge is 2.02. The van der Waals surface area contributed by atoms with Crippen molar-refractivity contribution in [2.45, 2.75) is 6.92 Å². The van der Waals surface area contributed by atoms with Gasteiger partial charge in [0, 0.05) is 5.02 Å². The molecule has 1 aromatic carbocycles. The monoisotopic (exact) mass is 236 g/mol. The molecule has 1 N–H and O–H groups in total. The summed E-state index contributed by atoms with van der Waals surface area (Å²) < 4.78 is 5.00. The molecule has 78 valence electrons. The standard InChI is InChI=1S/C9H9ClO3.ClH/c1-6-4-7(10)2-3-8(6)13-5-9(11)12;/h2-4H,5H2,1H3,(H,11,12);1H. The second kappa shape index (κ2) is 5.73. The van der Waals surface area contributed by atoms with Gasteiger partial charge in [-0.2, -0.15) is 0 Å². The van der Waals surface area contributed by atoms with Gasteiger partial charge in [0.05, 0.1) is 0 Å². The van der Waals surface area contributed by atoms with Crippen molar-refractivity contribution >= 4 is 30.0 Å². The molecule has 0 radical (unpaired) electrons. The van der Waals surface area contributed by atoms with Gasteiger partial charge in [-0.05, 0) is 30.7 Å². The van der Waals surface area contributed by atoms with Crippen LogP contribution >= 0.6 is 24.0 Å². The van der Waals surface area contributed by atoms with Gasteiger partial charge >= 0.3 is 5.97 Å². The van der Waals surface area contributed by atoms with Gasteiger partial charge in [0.25, 0.3) is 0 Å². The average molecular weight is 237 g/mol. The minimum Gasteiger partial charge on any atom is -0.482 e. The molecule has 0 heterocycles. The van der Waals surface area contributed by atoms with Crippen LogP contribution in [-0.2, 0) is 4.79 Å². The number of hydrogen-bond acceptors (Lipinski definition) is 2. The number of ether oxygens (including phenoxy) is 1. The van der Waals surface area contributed by atoms with E-state index < -0.39 is 5.97 Å². The number of aliphatic carboxylic acids is 1. The quantitative estimate of drug-likeness (QED) is 0.878. The smallest absolute Gasteiger partial charge is 0.341 e. The van der Waals surface area contributed by atoms with Crippen molar-refractivity contribution < 1.29 is 14.6 Å². The van der Waals surface area contributed by atoms with Crippen molar-refractivity contribution in [2.24, 2.45) is 0 Å². The highest BCUT2D eigenvalue weighted by Crippen LogP contribution is 2.21. The van der Waals surface area contributed by atoms with Crippen LogP contribution in [0.25, 0.3) is 0 Å². The van der Waals surface area contributed by atoms with Crippen LogP contribution in [0.1, 0.15) is 5.56 Å². The van der Waals surface area contributed by atoms with Crippen LogP contribution in [0, 0.1) is 6.92 Å². The Kier molecular flexibility index (Phi) is 5.35. The number of aryl methyl sites for hydroxylation is 1. The van der Waals surface area contributed by atoms with E-state index in [-0.39, 0.29) is 19.0 Å².